The SMILES string of the molecule is CC(C)(C)c1ccc(C(=O)NCc2csc(-c3ccccc3)n2)cc1. The Morgan fingerprint density at radius 1 is 1.04 bits per heavy atom. The summed E-state index contributed by atoms with van der Waals surface area (Å²) in [7, 11) is 0. The Kier molecular flexibility index (Phi) is 5.00. The highest BCUT2D eigenvalue weighted by atomic mass is 32.1. The summed E-state index contributed by atoms with van der Waals surface area (Å²) in [6.45, 7) is 6.92. The van der Waals surface area contributed by atoms with Crippen molar-refractivity contribution in [3.63, 3.8) is 0 Å². The van der Waals surface area contributed by atoms with E-state index in [0.717, 1.165) is 16.3 Å². The molecule has 1 aromatic heterocycles. The zero-order valence-corrected chi connectivity index (χ0v) is 15.6. The van der Waals surface area contributed by atoms with Gasteiger partial charge in [-0.25, -0.2) is 4.98 Å². The van der Waals surface area contributed by atoms with E-state index >= 15 is 0 Å². The van der Waals surface area contributed by atoms with E-state index in [4.69, 9.17) is 0 Å². The van der Waals surface area contributed by atoms with Crippen molar-refractivity contribution in [3.05, 3.63) is 76.8 Å². The molecule has 0 unspecified atom stereocenters. The molecule has 0 atom stereocenters. The number of hydrogen-bond acceptors (Lipinski definition) is 3. The molecule has 0 saturated carbocycles. The number of carbonyl (C=O) groups is 1. The number of hydrogen-bond donors (Lipinski definition) is 1. The van der Waals surface area contributed by atoms with Crippen molar-refractivity contribution in [3.8, 4) is 10.6 Å². The fourth-order valence-electron chi connectivity index (χ4n) is 2.50. The van der Waals surface area contributed by atoms with Gasteiger partial charge in [0.05, 0.1) is 12.2 Å². The number of amides is 1. The minimum absolute atomic E-state index is 0.0743. The van der Waals surface area contributed by atoms with E-state index in [9.17, 15) is 4.79 Å². The molecule has 4 heteroatoms. The number of rotatable bonds is 4. The van der Waals surface area contributed by atoms with Crippen LogP contribution in [-0.2, 0) is 12.0 Å². The molecule has 0 fully saturated rings. The van der Waals surface area contributed by atoms with Crippen LogP contribution in [0.3, 0.4) is 0 Å². The maximum Gasteiger partial charge on any atom is 0.251 e. The summed E-state index contributed by atoms with van der Waals surface area (Å²) in [6.07, 6.45) is 0. The lowest BCUT2D eigenvalue weighted by Crippen LogP contribution is -2.23. The second-order valence-corrected chi connectivity index (χ2v) is 7.88. The minimum Gasteiger partial charge on any atom is -0.346 e. The van der Waals surface area contributed by atoms with Crippen molar-refractivity contribution < 1.29 is 4.79 Å². The fraction of sp³-hybridized carbons (Fsp3) is 0.238. The number of aromatic nitrogens is 1. The molecule has 0 aliphatic rings. The zero-order chi connectivity index (χ0) is 17.9. The second-order valence-electron chi connectivity index (χ2n) is 7.02. The average Bonchev–Trinajstić information content (AvgIpc) is 3.09. The Morgan fingerprint density at radius 2 is 1.72 bits per heavy atom. The van der Waals surface area contributed by atoms with Crippen molar-refractivity contribution in [2.24, 2.45) is 0 Å². The summed E-state index contributed by atoms with van der Waals surface area (Å²) >= 11 is 1.59. The minimum atomic E-state index is -0.0743. The summed E-state index contributed by atoms with van der Waals surface area (Å²) in [5.41, 5.74) is 3.96. The Balaban J connectivity index is 1.62. The van der Waals surface area contributed by atoms with Gasteiger partial charge in [0, 0.05) is 16.5 Å². The van der Waals surface area contributed by atoms with E-state index in [2.05, 4.69) is 31.1 Å². The van der Waals surface area contributed by atoms with Crippen molar-refractivity contribution in [2.75, 3.05) is 0 Å². The van der Waals surface area contributed by atoms with Gasteiger partial charge in [0.2, 0.25) is 0 Å². The van der Waals surface area contributed by atoms with Crippen LogP contribution in [0, 0.1) is 0 Å². The molecule has 2 aromatic carbocycles. The van der Waals surface area contributed by atoms with E-state index in [-0.39, 0.29) is 11.3 Å². The van der Waals surface area contributed by atoms with Crippen molar-refractivity contribution in [1.29, 1.82) is 0 Å². The summed E-state index contributed by atoms with van der Waals surface area (Å²) in [4.78, 5) is 16.9. The molecule has 0 bridgehead atoms. The van der Waals surface area contributed by atoms with Gasteiger partial charge in [-0.05, 0) is 23.1 Å². The predicted molar refractivity (Wildman–Crippen MR) is 104 cm³/mol. The maximum absolute atomic E-state index is 12.3. The highest BCUT2D eigenvalue weighted by molar-refractivity contribution is 7.13. The van der Waals surface area contributed by atoms with Gasteiger partial charge in [-0.15, -0.1) is 11.3 Å². The van der Waals surface area contributed by atoms with Crippen LogP contribution in [0.1, 0.15) is 42.4 Å². The van der Waals surface area contributed by atoms with Crippen LogP contribution in [0.5, 0.6) is 0 Å². The molecule has 1 heterocycles. The average molecular weight is 350 g/mol. The second kappa shape index (κ2) is 7.19. The summed E-state index contributed by atoms with van der Waals surface area (Å²) in [5, 5.41) is 5.91. The lowest BCUT2D eigenvalue weighted by molar-refractivity contribution is 0.0950. The lowest BCUT2D eigenvalue weighted by Gasteiger charge is -2.19. The van der Waals surface area contributed by atoms with Crippen LogP contribution in [0.4, 0.5) is 0 Å². The molecule has 0 aliphatic carbocycles. The van der Waals surface area contributed by atoms with Crippen LogP contribution in [0.2, 0.25) is 0 Å². The number of thiazole rings is 1. The largest absolute Gasteiger partial charge is 0.346 e. The Morgan fingerprint density at radius 3 is 2.36 bits per heavy atom. The molecule has 0 spiro atoms. The van der Waals surface area contributed by atoms with E-state index in [1.54, 1.807) is 11.3 Å². The van der Waals surface area contributed by atoms with Gasteiger partial charge < -0.3 is 5.32 Å². The molecule has 0 saturated heterocycles. The number of benzene rings is 2. The van der Waals surface area contributed by atoms with Gasteiger partial charge in [0.25, 0.3) is 5.91 Å². The van der Waals surface area contributed by atoms with Crippen LogP contribution >= 0.6 is 11.3 Å². The highest BCUT2D eigenvalue weighted by Gasteiger charge is 2.14. The summed E-state index contributed by atoms with van der Waals surface area (Å²) < 4.78 is 0. The van der Waals surface area contributed by atoms with E-state index in [0.29, 0.717) is 12.1 Å². The fourth-order valence-corrected chi connectivity index (χ4v) is 3.32. The van der Waals surface area contributed by atoms with Crippen LogP contribution < -0.4 is 5.32 Å². The molecule has 25 heavy (non-hydrogen) atoms. The lowest BCUT2D eigenvalue weighted by atomic mass is 9.87. The van der Waals surface area contributed by atoms with Gasteiger partial charge in [-0.3, -0.25) is 4.79 Å². The first-order chi connectivity index (χ1) is 11.9. The van der Waals surface area contributed by atoms with Crippen molar-refractivity contribution in [2.45, 2.75) is 32.7 Å². The Labute approximate surface area is 152 Å². The molecular formula is C21H22N2OS. The van der Waals surface area contributed by atoms with Gasteiger partial charge in [-0.2, -0.15) is 0 Å². The molecule has 1 amide bonds. The topological polar surface area (TPSA) is 42.0 Å². The predicted octanol–water partition coefficient (Wildman–Crippen LogP) is 5.04. The van der Waals surface area contributed by atoms with Gasteiger partial charge in [-0.1, -0.05) is 63.2 Å². The standard InChI is InChI=1S/C21H22N2OS/c1-21(2,3)17-11-9-15(10-12-17)19(24)22-13-18-14-25-20(23-18)16-7-5-4-6-8-16/h4-12,14H,13H2,1-3H3,(H,22,24). The van der Waals surface area contributed by atoms with Crippen molar-refractivity contribution in [1.82, 2.24) is 10.3 Å². The van der Waals surface area contributed by atoms with Gasteiger partial charge in [0.1, 0.15) is 5.01 Å². The molecule has 3 aromatic rings. The normalized spacial score (nSPS) is 11.3. The molecule has 1 N–H and O–H groups in total. The molecule has 3 nitrogen and oxygen atoms in total. The quantitative estimate of drug-likeness (QED) is 0.716. The third kappa shape index (κ3) is 4.34. The summed E-state index contributed by atoms with van der Waals surface area (Å²) in [6, 6.07) is 17.9. The Hall–Kier alpha value is -2.46. The van der Waals surface area contributed by atoms with E-state index in [1.165, 1.54) is 5.56 Å². The first kappa shape index (κ1) is 17.4. The third-order valence-corrected chi connectivity index (χ3v) is 4.96. The van der Waals surface area contributed by atoms with Crippen molar-refractivity contribution >= 4 is 17.2 Å². The van der Waals surface area contributed by atoms with Crippen LogP contribution in [0.15, 0.2) is 60.0 Å². The number of nitrogens with zero attached hydrogens (tertiary/aromatic N) is 1. The zero-order valence-electron chi connectivity index (χ0n) is 14.7. The first-order valence-electron chi connectivity index (χ1n) is 8.32. The Bertz CT molecular complexity index is 846. The molecule has 128 valence electrons. The monoisotopic (exact) mass is 350 g/mol. The van der Waals surface area contributed by atoms with Gasteiger partial charge in [0.15, 0.2) is 0 Å². The third-order valence-electron chi connectivity index (χ3n) is 4.02. The first-order valence-corrected chi connectivity index (χ1v) is 9.20. The molecule has 0 radical (unpaired) electrons. The van der Waals surface area contributed by atoms with Crippen LogP contribution in [0.25, 0.3) is 10.6 Å². The number of carbonyl (C=O) groups excluding carboxylic acids is 1. The van der Waals surface area contributed by atoms with E-state index < -0.39 is 0 Å². The molecular weight excluding hydrogens is 328 g/mol. The van der Waals surface area contributed by atoms with E-state index in [1.807, 2.05) is 60.0 Å². The van der Waals surface area contributed by atoms with Gasteiger partial charge >= 0.3 is 0 Å². The maximum atomic E-state index is 12.3. The molecule has 0 aliphatic heterocycles. The highest BCUT2D eigenvalue weighted by Crippen LogP contribution is 2.24. The smallest absolute Gasteiger partial charge is 0.251 e. The molecule has 3 rings (SSSR count). The number of nitrogens with one attached hydrogen (secondary N) is 1. The van der Waals surface area contributed by atoms with Crippen LogP contribution in [-0.4, -0.2) is 10.9 Å². The summed E-state index contributed by atoms with van der Waals surface area (Å²) in [5.74, 6) is -0.0743.